The van der Waals surface area contributed by atoms with E-state index >= 15 is 0 Å². The molecule has 4 nitrogen and oxygen atoms in total. The van der Waals surface area contributed by atoms with Gasteiger partial charge in [-0.25, -0.2) is 0 Å². The molecule has 0 aromatic heterocycles. The van der Waals surface area contributed by atoms with Crippen LogP contribution >= 0.6 is 11.8 Å². The molecular formula is C29H44N2O2S. The third-order valence-electron chi connectivity index (χ3n) is 8.29. The van der Waals surface area contributed by atoms with Gasteiger partial charge in [0.05, 0.1) is 6.54 Å². The topological polar surface area (TPSA) is 45.1 Å². The first-order valence-electron chi connectivity index (χ1n) is 13.2. The molecule has 0 bridgehead atoms. The van der Waals surface area contributed by atoms with E-state index in [1.807, 2.05) is 6.07 Å². The average molecular weight is 485 g/mol. The van der Waals surface area contributed by atoms with Gasteiger partial charge >= 0.3 is 0 Å². The molecule has 5 heteroatoms. The first-order chi connectivity index (χ1) is 16.2. The van der Waals surface area contributed by atoms with Crippen LogP contribution in [0, 0.1) is 5.92 Å². The summed E-state index contributed by atoms with van der Waals surface area (Å²) in [5, 5.41) is 12.5. The van der Waals surface area contributed by atoms with E-state index < -0.39 is 0 Å². The minimum Gasteiger partial charge on any atom is -0.508 e. The Bertz CT molecular complexity index is 950. The third kappa shape index (κ3) is 5.15. The van der Waals surface area contributed by atoms with E-state index in [0.29, 0.717) is 11.7 Å². The van der Waals surface area contributed by atoms with Gasteiger partial charge < -0.3 is 14.7 Å². The summed E-state index contributed by atoms with van der Waals surface area (Å²) in [5.74, 6) is 1.98. The SMILES string of the molecule is CCCCCCC(C)(C)c1cc(O)c2c(c1)OC(C)(C)[C@H]1CC=C(CN3CCN=C3SC)C[C@H]21. The highest BCUT2D eigenvalue weighted by molar-refractivity contribution is 8.13. The van der Waals surface area contributed by atoms with Crippen molar-refractivity contribution >= 4 is 16.9 Å². The molecule has 1 aliphatic carbocycles. The maximum Gasteiger partial charge on any atom is 0.159 e. The minimum absolute atomic E-state index is 0.0194. The van der Waals surface area contributed by atoms with Gasteiger partial charge in [0.25, 0.3) is 0 Å². The molecule has 0 spiro atoms. The summed E-state index contributed by atoms with van der Waals surface area (Å²) in [6, 6.07) is 4.28. The summed E-state index contributed by atoms with van der Waals surface area (Å²) < 4.78 is 6.63. The average Bonchev–Trinajstić information content (AvgIpc) is 3.23. The number of allylic oxidation sites excluding steroid dienone is 1. The zero-order valence-corrected chi connectivity index (χ0v) is 22.9. The fourth-order valence-corrected chi connectivity index (χ4v) is 6.81. The molecule has 0 unspecified atom stereocenters. The lowest BCUT2D eigenvalue weighted by atomic mass is 9.66. The lowest BCUT2D eigenvalue weighted by Gasteiger charge is -2.47. The summed E-state index contributed by atoms with van der Waals surface area (Å²) in [7, 11) is 0. The summed E-state index contributed by atoms with van der Waals surface area (Å²) in [4.78, 5) is 7.05. The molecule has 1 aromatic carbocycles. The number of unbranched alkanes of at least 4 members (excludes halogenated alkanes) is 3. The molecule has 3 aliphatic rings. The van der Waals surface area contributed by atoms with Crippen LogP contribution in [0.15, 0.2) is 28.8 Å². The van der Waals surface area contributed by atoms with Crippen LogP contribution in [0.25, 0.3) is 0 Å². The Morgan fingerprint density at radius 3 is 2.76 bits per heavy atom. The van der Waals surface area contributed by atoms with E-state index in [-0.39, 0.29) is 16.9 Å². The van der Waals surface area contributed by atoms with Gasteiger partial charge in [-0.3, -0.25) is 4.99 Å². The van der Waals surface area contributed by atoms with E-state index in [1.165, 1.54) is 36.8 Å². The number of hydrogen-bond acceptors (Lipinski definition) is 5. The lowest BCUT2D eigenvalue weighted by molar-refractivity contribution is 0.00707. The molecule has 0 saturated carbocycles. The van der Waals surface area contributed by atoms with Gasteiger partial charge in [0.1, 0.15) is 17.1 Å². The highest BCUT2D eigenvalue weighted by Gasteiger charge is 2.46. The number of fused-ring (bicyclic) bond motifs is 3. The largest absolute Gasteiger partial charge is 0.508 e. The molecule has 0 saturated heterocycles. The number of thioether (sulfide) groups is 1. The fourth-order valence-electron chi connectivity index (χ4n) is 6.17. The maximum absolute atomic E-state index is 11.3. The number of benzene rings is 1. The van der Waals surface area contributed by atoms with Crippen LogP contribution in [-0.2, 0) is 5.41 Å². The number of aromatic hydroxyl groups is 1. The predicted octanol–water partition coefficient (Wildman–Crippen LogP) is 7.27. The molecule has 0 fully saturated rings. The number of rotatable bonds is 8. The van der Waals surface area contributed by atoms with E-state index in [4.69, 9.17) is 4.74 Å². The van der Waals surface area contributed by atoms with Crippen molar-refractivity contribution in [2.75, 3.05) is 25.9 Å². The van der Waals surface area contributed by atoms with Crippen LogP contribution in [0.5, 0.6) is 11.5 Å². The predicted molar refractivity (Wildman–Crippen MR) is 146 cm³/mol. The normalized spacial score (nSPS) is 23.6. The number of phenolic OH excluding ortho intramolecular Hbond substituents is 1. The van der Waals surface area contributed by atoms with E-state index in [2.05, 4.69) is 62.9 Å². The van der Waals surface area contributed by atoms with Crippen molar-refractivity contribution < 1.29 is 9.84 Å². The van der Waals surface area contributed by atoms with E-state index in [9.17, 15) is 5.11 Å². The highest BCUT2D eigenvalue weighted by Crippen LogP contribution is 2.55. The molecule has 0 amide bonds. The summed E-state index contributed by atoms with van der Waals surface area (Å²) in [6.07, 6.45) is 12.7. The van der Waals surface area contributed by atoms with Crippen LogP contribution < -0.4 is 4.74 Å². The molecule has 4 rings (SSSR count). The van der Waals surface area contributed by atoms with Gasteiger partial charge in [0.2, 0.25) is 0 Å². The zero-order chi connectivity index (χ0) is 24.5. The Morgan fingerprint density at radius 1 is 1.24 bits per heavy atom. The minimum atomic E-state index is -0.254. The fraction of sp³-hybridized carbons (Fsp3) is 0.690. The monoisotopic (exact) mass is 484 g/mol. The Kier molecular flexibility index (Phi) is 7.61. The van der Waals surface area contributed by atoms with Crippen LogP contribution in [-0.4, -0.2) is 46.7 Å². The second-order valence-electron chi connectivity index (χ2n) is 11.6. The smallest absolute Gasteiger partial charge is 0.159 e. The van der Waals surface area contributed by atoms with Crippen LogP contribution in [0.1, 0.15) is 96.6 Å². The second kappa shape index (κ2) is 10.2. The van der Waals surface area contributed by atoms with Gasteiger partial charge in [0.15, 0.2) is 5.17 Å². The number of hydrogen-bond donors (Lipinski definition) is 1. The summed E-state index contributed by atoms with van der Waals surface area (Å²) >= 11 is 1.74. The van der Waals surface area contributed by atoms with Crippen molar-refractivity contribution in [1.82, 2.24) is 4.90 Å². The van der Waals surface area contributed by atoms with Crippen molar-refractivity contribution in [3.63, 3.8) is 0 Å². The quantitative estimate of drug-likeness (QED) is 0.311. The molecule has 0 radical (unpaired) electrons. The maximum atomic E-state index is 11.3. The molecule has 2 heterocycles. The molecule has 188 valence electrons. The molecule has 2 aliphatic heterocycles. The zero-order valence-electron chi connectivity index (χ0n) is 22.1. The first-order valence-corrected chi connectivity index (χ1v) is 14.5. The third-order valence-corrected chi connectivity index (χ3v) is 9.04. The molecular weight excluding hydrogens is 440 g/mol. The molecule has 1 N–H and O–H groups in total. The summed E-state index contributed by atoms with van der Waals surface area (Å²) in [5.41, 5.74) is 3.45. The molecule has 2 atom stereocenters. The van der Waals surface area contributed by atoms with Gasteiger partial charge in [-0.1, -0.05) is 69.9 Å². The van der Waals surface area contributed by atoms with Gasteiger partial charge in [0, 0.05) is 30.5 Å². The van der Waals surface area contributed by atoms with E-state index in [0.717, 1.165) is 55.4 Å². The van der Waals surface area contributed by atoms with Gasteiger partial charge in [-0.15, -0.1) is 0 Å². The first kappa shape index (κ1) is 25.5. The Balaban J connectivity index is 1.58. The standard InChI is InChI=1S/C29H44N2O2S/c1-7-8-9-10-13-28(2,3)21-17-24(32)26-22-16-20(19-31-15-14-30-27(31)34-6)11-12-23(22)29(4,5)33-25(26)18-21/h11,17-18,22-23,32H,7-10,12-16,19H2,1-6H3/t22-,23-/m0/s1. The summed E-state index contributed by atoms with van der Waals surface area (Å²) in [6.45, 7) is 14.2. The van der Waals surface area contributed by atoms with Crippen molar-refractivity contribution in [2.24, 2.45) is 10.9 Å². The van der Waals surface area contributed by atoms with Crippen molar-refractivity contribution in [3.05, 3.63) is 34.9 Å². The number of amidine groups is 1. The van der Waals surface area contributed by atoms with Crippen molar-refractivity contribution in [2.45, 2.75) is 96.5 Å². The highest BCUT2D eigenvalue weighted by atomic mass is 32.2. The van der Waals surface area contributed by atoms with Gasteiger partial charge in [-0.05, 0) is 62.5 Å². The Morgan fingerprint density at radius 2 is 2.03 bits per heavy atom. The van der Waals surface area contributed by atoms with Crippen LogP contribution in [0.3, 0.4) is 0 Å². The molecule has 1 aromatic rings. The van der Waals surface area contributed by atoms with Gasteiger partial charge in [-0.2, -0.15) is 0 Å². The number of phenols is 1. The molecule has 34 heavy (non-hydrogen) atoms. The number of aliphatic imine (C=N–C) groups is 1. The van der Waals surface area contributed by atoms with Crippen molar-refractivity contribution in [1.29, 1.82) is 0 Å². The lowest BCUT2D eigenvalue weighted by Crippen LogP contribution is -2.46. The van der Waals surface area contributed by atoms with Crippen LogP contribution in [0.4, 0.5) is 0 Å². The second-order valence-corrected chi connectivity index (χ2v) is 12.4. The van der Waals surface area contributed by atoms with E-state index in [1.54, 1.807) is 11.8 Å². The number of ether oxygens (including phenoxy) is 1. The Labute approximate surface area is 211 Å². The van der Waals surface area contributed by atoms with Crippen molar-refractivity contribution in [3.8, 4) is 11.5 Å². The van der Waals surface area contributed by atoms with Crippen LogP contribution in [0.2, 0.25) is 0 Å². The number of nitrogens with zero attached hydrogens (tertiary/aromatic N) is 2. The Hall–Kier alpha value is -1.62.